The highest BCUT2D eigenvalue weighted by Gasteiger charge is 2.25. The maximum absolute atomic E-state index is 13.5. The Balaban J connectivity index is 1.76. The lowest BCUT2D eigenvalue weighted by molar-refractivity contribution is 0.0959. The van der Waals surface area contributed by atoms with E-state index in [1.807, 2.05) is 74.5 Å². The normalized spacial score (nSPS) is 11.0. The number of amides is 1. The molecule has 0 N–H and O–H groups in total. The van der Waals surface area contributed by atoms with E-state index in [1.165, 1.54) is 0 Å². The van der Waals surface area contributed by atoms with Gasteiger partial charge in [0.05, 0.1) is 6.54 Å². The minimum absolute atomic E-state index is 0.222. The number of hydrogen-bond acceptors (Lipinski definition) is 3. The SMILES string of the molecule is Cc1ccc2c(C)c(C(=O)N(Cc3ccc(Cl)cc3)c3ccccn3)oc2c1. The number of furan rings is 1. The van der Waals surface area contributed by atoms with Crippen LogP contribution in [0.3, 0.4) is 0 Å². The van der Waals surface area contributed by atoms with Crippen LogP contribution in [-0.2, 0) is 6.54 Å². The molecule has 4 aromatic rings. The molecule has 0 bridgehead atoms. The highest BCUT2D eigenvalue weighted by atomic mass is 35.5. The Kier molecular flexibility index (Phi) is 4.88. The molecular weight excluding hydrogens is 372 g/mol. The van der Waals surface area contributed by atoms with Crippen LogP contribution in [0.1, 0.15) is 27.2 Å². The van der Waals surface area contributed by atoms with Crippen LogP contribution in [-0.4, -0.2) is 10.9 Å². The third-order valence-corrected chi connectivity index (χ3v) is 4.96. The number of aryl methyl sites for hydroxylation is 2. The molecule has 5 heteroatoms. The Hall–Kier alpha value is -3.11. The lowest BCUT2D eigenvalue weighted by Gasteiger charge is -2.21. The molecule has 2 aromatic carbocycles. The van der Waals surface area contributed by atoms with E-state index >= 15 is 0 Å². The summed E-state index contributed by atoms with van der Waals surface area (Å²) in [5, 5.41) is 1.60. The molecule has 1 amide bonds. The van der Waals surface area contributed by atoms with E-state index in [0.29, 0.717) is 28.7 Å². The number of anilines is 1. The van der Waals surface area contributed by atoms with Crippen LogP contribution in [0.5, 0.6) is 0 Å². The summed E-state index contributed by atoms with van der Waals surface area (Å²) in [7, 11) is 0. The fourth-order valence-corrected chi connectivity index (χ4v) is 3.33. The molecule has 0 aliphatic heterocycles. The minimum atomic E-state index is -0.222. The maximum atomic E-state index is 13.5. The zero-order valence-corrected chi connectivity index (χ0v) is 16.4. The van der Waals surface area contributed by atoms with Gasteiger partial charge in [-0.1, -0.05) is 41.9 Å². The molecular formula is C23H19ClN2O2. The van der Waals surface area contributed by atoms with Gasteiger partial charge in [0.2, 0.25) is 0 Å². The molecule has 0 saturated heterocycles. The van der Waals surface area contributed by atoms with Gasteiger partial charge in [-0.15, -0.1) is 0 Å². The molecule has 0 aliphatic carbocycles. The lowest BCUT2D eigenvalue weighted by atomic mass is 10.1. The van der Waals surface area contributed by atoms with Gasteiger partial charge in [0.25, 0.3) is 5.91 Å². The van der Waals surface area contributed by atoms with Crippen molar-refractivity contribution in [1.29, 1.82) is 0 Å². The Labute approximate surface area is 168 Å². The van der Waals surface area contributed by atoms with Crippen LogP contribution in [0, 0.1) is 13.8 Å². The number of benzene rings is 2. The zero-order chi connectivity index (χ0) is 19.7. The van der Waals surface area contributed by atoms with E-state index in [0.717, 1.165) is 22.1 Å². The van der Waals surface area contributed by atoms with Gasteiger partial charge in [0.1, 0.15) is 11.4 Å². The number of hydrogen-bond donors (Lipinski definition) is 0. The summed E-state index contributed by atoms with van der Waals surface area (Å²) in [6.45, 7) is 4.27. The third-order valence-electron chi connectivity index (χ3n) is 4.71. The Morgan fingerprint density at radius 3 is 2.57 bits per heavy atom. The first-order chi connectivity index (χ1) is 13.5. The minimum Gasteiger partial charge on any atom is -0.451 e. The molecule has 28 heavy (non-hydrogen) atoms. The van der Waals surface area contributed by atoms with Gasteiger partial charge < -0.3 is 4.42 Å². The molecule has 4 nitrogen and oxygen atoms in total. The van der Waals surface area contributed by atoms with Crippen molar-refractivity contribution in [3.05, 3.63) is 94.3 Å². The van der Waals surface area contributed by atoms with Gasteiger partial charge in [0, 0.05) is 22.2 Å². The standard InChI is InChI=1S/C23H19ClN2O2/c1-15-6-11-19-16(2)22(28-20(19)13-15)23(27)26(21-5-3-4-12-25-21)14-17-7-9-18(24)10-8-17/h3-13H,14H2,1-2H3. The van der Waals surface area contributed by atoms with Gasteiger partial charge in [-0.2, -0.15) is 0 Å². The van der Waals surface area contributed by atoms with Crippen LogP contribution < -0.4 is 4.90 Å². The molecule has 0 saturated carbocycles. The maximum Gasteiger partial charge on any atom is 0.295 e. The summed E-state index contributed by atoms with van der Waals surface area (Å²) >= 11 is 5.99. The highest BCUT2D eigenvalue weighted by molar-refractivity contribution is 6.30. The van der Waals surface area contributed by atoms with E-state index < -0.39 is 0 Å². The van der Waals surface area contributed by atoms with Crippen LogP contribution in [0.15, 0.2) is 71.3 Å². The summed E-state index contributed by atoms with van der Waals surface area (Å²) in [5.41, 5.74) is 3.58. The largest absolute Gasteiger partial charge is 0.451 e. The molecule has 140 valence electrons. The van der Waals surface area contributed by atoms with Crippen LogP contribution in [0.2, 0.25) is 5.02 Å². The molecule has 4 rings (SSSR count). The van der Waals surface area contributed by atoms with Crippen LogP contribution in [0.25, 0.3) is 11.0 Å². The van der Waals surface area contributed by atoms with Crippen molar-refractivity contribution in [2.75, 3.05) is 4.90 Å². The number of fused-ring (bicyclic) bond motifs is 1. The first kappa shape index (κ1) is 18.3. The number of aromatic nitrogens is 1. The Morgan fingerprint density at radius 2 is 1.86 bits per heavy atom. The van der Waals surface area contributed by atoms with E-state index in [9.17, 15) is 4.79 Å². The predicted octanol–water partition coefficient (Wildman–Crippen LogP) is 5.95. The van der Waals surface area contributed by atoms with Gasteiger partial charge in [0.15, 0.2) is 5.76 Å². The van der Waals surface area contributed by atoms with E-state index in [4.69, 9.17) is 16.0 Å². The summed E-state index contributed by atoms with van der Waals surface area (Å²) in [6, 6.07) is 18.9. The van der Waals surface area contributed by atoms with Gasteiger partial charge in [-0.3, -0.25) is 9.69 Å². The number of nitrogens with zero attached hydrogens (tertiary/aromatic N) is 2. The van der Waals surface area contributed by atoms with Crippen molar-refractivity contribution in [1.82, 2.24) is 4.98 Å². The van der Waals surface area contributed by atoms with Crippen LogP contribution >= 0.6 is 11.6 Å². The van der Waals surface area contributed by atoms with Crippen molar-refractivity contribution in [2.45, 2.75) is 20.4 Å². The summed E-state index contributed by atoms with van der Waals surface area (Å²) < 4.78 is 5.96. The number of rotatable bonds is 4. The molecule has 0 radical (unpaired) electrons. The smallest absolute Gasteiger partial charge is 0.295 e. The second kappa shape index (κ2) is 7.49. The molecule has 0 aliphatic rings. The second-order valence-corrected chi connectivity index (χ2v) is 7.20. The van der Waals surface area contributed by atoms with Crippen LogP contribution in [0.4, 0.5) is 5.82 Å². The van der Waals surface area contributed by atoms with E-state index in [1.54, 1.807) is 11.1 Å². The first-order valence-electron chi connectivity index (χ1n) is 9.00. The number of pyridine rings is 1. The zero-order valence-electron chi connectivity index (χ0n) is 15.6. The van der Waals surface area contributed by atoms with Crippen molar-refractivity contribution < 1.29 is 9.21 Å². The first-order valence-corrected chi connectivity index (χ1v) is 9.38. The second-order valence-electron chi connectivity index (χ2n) is 6.76. The molecule has 0 spiro atoms. The monoisotopic (exact) mass is 390 g/mol. The fraction of sp³-hybridized carbons (Fsp3) is 0.130. The molecule has 0 fully saturated rings. The number of carbonyl (C=O) groups is 1. The van der Waals surface area contributed by atoms with E-state index in [-0.39, 0.29) is 5.91 Å². The highest BCUT2D eigenvalue weighted by Crippen LogP contribution is 2.29. The fourth-order valence-electron chi connectivity index (χ4n) is 3.20. The summed E-state index contributed by atoms with van der Waals surface area (Å²) in [5.74, 6) is 0.679. The summed E-state index contributed by atoms with van der Waals surface area (Å²) in [6.07, 6.45) is 1.67. The Bertz CT molecular complexity index is 1130. The molecule has 0 unspecified atom stereocenters. The Morgan fingerprint density at radius 1 is 1.07 bits per heavy atom. The third kappa shape index (κ3) is 3.51. The summed E-state index contributed by atoms with van der Waals surface area (Å²) in [4.78, 5) is 19.5. The van der Waals surface area contributed by atoms with Crippen molar-refractivity contribution in [3.8, 4) is 0 Å². The molecule has 2 aromatic heterocycles. The predicted molar refractivity (Wildman–Crippen MR) is 112 cm³/mol. The van der Waals surface area contributed by atoms with Crippen molar-refractivity contribution >= 4 is 34.3 Å². The number of halogens is 1. The topological polar surface area (TPSA) is 46.3 Å². The van der Waals surface area contributed by atoms with Gasteiger partial charge >= 0.3 is 0 Å². The van der Waals surface area contributed by atoms with Gasteiger partial charge in [-0.25, -0.2) is 4.98 Å². The van der Waals surface area contributed by atoms with Crippen molar-refractivity contribution in [2.24, 2.45) is 0 Å². The van der Waals surface area contributed by atoms with Gasteiger partial charge in [-0.05, 0) is 55.3 Å². The average molecular weight is 391 g/mol. The average Bonchev–Trinajstić information content (AvgIpc) is 3.03. The number of carbonyl (C=O) groups excluding carboxylic acids is 1. The molecule has 2 heterocycles. The van der Waals surface area contributed by atoms with E-state index in [2.05, 4.69) is 4.98 Å². The lowest BCUT2D eigenvalue weighted by Crippen LogP contribution is -2.31. The molecule has 0 atom stereocenters. The quantitative estimate of drug-likeness (QED) is 0.433. The van der Waals surface area contributed by atoms with Crippen molar-refractivity contribution in [3.63, 3.8) is 0 Å².